The second-order valence-electron chi connectivity index (χ2n) is 5.14. The zero-order chi connectivity index (χ0) is 12.3. The maximum atomic E-state index is 5.66. The summed E-state index contributed by atoms with van der Waals surface area (Å²) in [4.78, 5) is 2.49. The molecule has 0 aliphatic carbocycles. The standard InChI is InChI=1S/C15H23NO/c1-4-9-17-14-5-6-15(13(3)10-14)16-8-7-12(2)11-16/h5-6,10,12H,4,7-9,11H2,1-3H3. The van der Waals surface area contributed by atoms with E-state index >= 15 is 0 Å². The van der Waals surface area contributed by atoms with Gasteiger partial charge in [-0.2, -0.15) is 0 Å². The monoisotopic (exact) mass is 233 g/mol. The maximum absolute atomic E-state index is 5.66. The molecule has 1 atom stereocenters. The molecule has 1 aromatic rings. The Bertz CT molecular complexity index is 375. The topological polar surface area (TPSA) is 12.5 Å². The lowest BCUT2D eigenvalue weighted by Crippen LogP contribution is -2.19. The molecule has 0 radical (unpaired) electrons. The van der Waals surface area contributed by atoms with E-state index in [-0.39, 0.29) is 0 Å². The number of rotatable bonds is 4. The summed E-state index contributed by atoms with van der Waals surface area (Å²) in [5.41, 5.74) is 2.70. The van der Waals surface area contributed by atoms with Crippen molar-refractivity contribution in [3.8, 4) is 5.75 Å². The average molecular weight is 233 g/mol. The molecule has 1 saturated heterocycles. The predicted molar refractivity (Wildman–Crippen MR) is 73.0 cm³/mol. The Kier molecular flexibility index (Phi) is 3.93. The Morgan fingerprint density at radius 2 is 2.24 bits per heavy atom. The van der Waals surface area contributed by atoms with Crippen LogP contribution in [-0.4, -0.2) is 19.7 Å². The summed E-state index contributed by atoms with van der Waals surface area (Å²) in [6.45, 7) is 9.82. The normalized spacial score (nSPS) is 19.7. The molecule has 2 rings (SSSR count). The van der Waals surface area contributed by atoms with Gasteiger partial charge in [0.15, 0.2) is 0 Å². The summed E-state index contributed by atoms with van der Waals surface area (Å²) in [5, 5.41) is 0. The number of hydrogen-bond donors (Lipinski definition) is 0. The van der Waals surface area contributed by atoms with E-state index in [1.54, 1.807) is 0 Å². The molecule has 0 spiro atoms. The van der Waals surface area contributed by atoms with Crippen molar-refractivity contribution < 1.29 is 4.74 Å². The van der Waals surface area contributed by atoms with Crippen LogP contribution in [0.2, 0.25) is 0 Å². The van der Waals surface area contributed by atoms with Gasteiger partial charge in [0, 0.05) is 18.8 Å². The van der Waals surface area contributed by atoms with Crippen molar-refractivity contribution in [2.45, 2.75) is 33.6 Å². The van der Waals surface area contributed by atoms with Crippen molar-refractivity contribution in [2.75, 3.05) is 24.6 Å². The van der Waals surface area contributed by atoms with Crippen molar-refractivity contribution in [2.24, 2.45) is 5.92 Å². The van der Waals surface area contributed by atoms with Crippen LogP contribution in [0.3, 0.4) is 0 Å². The number of hydrogen-bond acceptors (Lipinski definition) is 2. The highest BCUT2D eigenvalue weighted by atomic mass is 16.5. The van der Waals surface area contributed by atoms with Crippen molar-refractivity contribution >= 4 is 5.69 Å². The zero-order valence-corrected chi connectivity index (χ0v) is 11.2. The molecule has 94 valence electrons. The molecule has 1 heterocycles. The molecule has 2 heteroatoms. The molecular weight excluding hydrogens is 210 g/mol. The molecule has 0 amide bonds. The number of nitrogens with zero attached hydrogens (tertiary/aromatic N) is 1. The third-order valence-electron chi connectivity index (χ3n) is 3.41. The molecule has 1 aromatic carbocycles. The van der Waals surface area contributed by atoms with E-state index in [9.17, 15) is 0 Å². The van der Waals surface area contributed by atoms with E-state index in [1.807, 2.05) is 0 Å². The number of anilines is 1. The van der Waals surface area contributed by atoms with Gasteiger partial charge in [-0.05, 0) is 49.4 Å². The van der Waals surface area contributed by atoms with Gasteiger partial charge in [0.05, 0.1) is 6.61 Å². The minimum atomic E-state index is 0.805. The Morgan fingerprint density at radius 1 is 1.41 bits per heavy atom. The van der Waals surface area contributed by atoms with E-state index < -0.39 is 0 Å². The van der Waals surface area contributed by atoms with Gasteiger partial charge in [-0.1, -0.05) is 13.8 Å². The Balaban J connectivity index is 2.08. The fourth-order valence-corrected chi connectivity index (χ4v) is 2.45. The second-order valence-corrected chi connectivity index (χ2v) is 5.14. The van der Waals surface area contributed by atoms with Crippen LogP contribution in [0.1, 0.15) is 32.3 Å². The first-order valence-electron chi connectivity index (χ1n) is 6.69. The van der Waals surface area contributed by atoms with Crippen LogP contribution in [0.5, 0.6) is 5.75 Å². The summed E-state index contributed by atoms with van der Waals surface area (Å²) in [5.74, 6) is 1.82. The van der Waals surface area contributed by atoms with E-state index in [0.29, 0.717) is 0 Å². The molecule has 17 heavy (non-hydrogen) atoms. The summed E-state index contributed by atoms with van der Waals surface area (Å²) in [6.07, 6.45) is 2.37. The highest BCUT2D eigenvalue weighted by molar-refractivity contribution is 5.56. The maximum Gasteiger partial charge on any atom is 0.119 e. The first kappa shape index (κ1) is 12.3. The molecule has 1 aliphatic heterocycles. The van der Waals surface area contributed by atoms with Gasteiger partial charge in [0.25, 0.3) is 0 Å². The van der Waals surface area contributed by atoms with Crippen LogP contribution < -0.4 is 9.64 Å². The number of benzene rings is 1. The van der Waals surface area contributed by atoms with E-state index in [2.05, 4.69) is 43.9 Å². The molecule has 1 aliphatic rings. The van der Waals surface area contributed by atoms with Crippen molar-refractivity contribution in [1.82, 2.24) is 0 Å². The van der Waals surface area contributed by atoms with Crippen LogP contribution >= 0.6 is 0 Å². The van der Waals surface area contributed by atoms with E-state index in [1.165, 1.54) is 30.8 Å². The Labute approximate surface area is 105 Å². The fourth-order valence-electron chi connectivity index (χ4n) is 2.45. The lowest BCUT2D eigenvalue weighted by atomic mass is 10.1. The summed E-state index contributed by atoms with van der Waals surface area (Å²) in [6, 6.07) is 6.47. The fraction of sp³-hybridized carbons (Fsp3) is 0.600. The van der Waals surface area contributed by atoms with Gasteiger partial charge < -0.3 is 9.64 Å². The second kappa shape index (κ2) is 5.44. The zero-order valence-electron chi connectivity index (χ0n) is 11.2. The average Bonchev–Trinajstić information content (AvgIpc) is 2.73. The van der Waals surface area contributed by atoms with Gasteiger partial charge in [-0.3, -0.25) is 0 Å². The number of aryl methyl sites for hydroxylation is 1. The largest absolute Gasteiger partial charge is 0.494 e. The quantitative estimate of drug-likeness (QED) is 0.787. The van der Waals surface area contributed by atoms with Gasteiger partial charge in [0.2, 0.25) is 0 Å². The van der Waals surface area contributed by atoms with Gasteiger partial charge >= 0.3 is 0 Å². The Morgan fingerprint density at radius 3 is 2.82 bits per heavy atom. The lowest BCUT2D eigenvalue weighted by Gasteiger charge is -2.21. The highest BCUT2D eigenvalue weighted by Crippen LogP contribution is 2.29. The smallest absolute Gasteiger partial charge is 0.119 e. The molecule has 1 unspecified atom stereocenters. The van der Waals surface area contributed by atoms with Crippen LogP contribution in [0, 0.1) is 12.8 Å². The third kappa shape index (κ3) is 2.93. The SMILES string of the molecule is CCCOc1ccc(N2CCC(C)C2)c(C)c1. The van der Waals surface area contributed by atoms with Crippen LogP contribution in [-0.2, 0) is 0 Å². The third-order valence-corrected chi connectivity index (χ3v) is 3.41. The summed E-state index contributed by atoms with van der Waals surface area (Å²) in [7, 11) is 0. The molecular formula is C15H23NO. The summed E-state index contributed by atoms with van der Waals surface area (Å²) >= 11 is 0. The van der Waals surface area contributed by atoms with E-state index in [0.717, 1.165) is 24.7 Å². The Hall–Kier alpha value is -1.18. The molecule has 1 fully saturated rings. The van der Waals surface area contributed by atoms with Crippen molar-refractivity contribution in [3.63, 3.8) is 0 Å². The first-order chi connectivity index (χ1) is 8.20. The highest BCUT2D eigenvalue weighted by Gasteiger charge is 2.20. The minimum absolute atomic E-state index is 0.805. The molecule has 2 nitrogen and oxygen atoms in total. The molecule has 0 aromatic heterocycles. The van der Waals surface area contributed by atoms with Gasteiger partial charge in [0.1, 0.15) is 5.75 Å². The van der Waals surface area contributed by atoms with Crippen LogP contribution in [0.25, 0.3) is 0 Å². The molecule has 0 saturated carbocycles. The minimum Gasteiger partial charge on any atom is -0.494 e. The van der Waals surface area contributed by atoms with Crippen LogP contribution in [0.15, 0.2) is 18.2 Å². The first-order valence-corrected chi connectivity index (χ1v) is 6.69. The van der Waals surface area contributed by atoms with Crippen molar-refractivity contribution in [1.29, 1.82) is 0 Å². The summed E-state index contributed by atoms with van der Waals surface area (Å²) < 4.78 is 5.66. The van der Waals surface area contributed by atoms with Gasteiger partial charge in [-0.15, -0.1) is 0 Å². The lowest BCUT2D eigenvalue weighted by molar-refractivity contribution is 0.317. The van der Waals surface area contributed by atoms with E-state index in [4.69, 9.17) is 4.74 Å². The predicted octanol–water partition coefficient (Wildman–Crippen LogP) is 3.63. The van der Waals surface area contributed by atoms with Crippen molar-refractivity contribution in [3.05, 3.63) is 23.8 Å². The molecule has 0 bridgehead atoms. The van der Waals surface area contributed by atoms with Crippen LogP contribution in [0.4, 0.5) is 5.69 Å². The van der Waals surface area contributed by atoms with Gasteiger partial charge in [-0.25, -0.2) is 0 Å². The molecule has 0 N–H and O–H groups in total. The number of ether oxygens (including phenoxy) is 1.